The number of hydrogen-bond acceptors (Lipinski definition) is 2. The molecule has 1 aliphatic carbocycles. The highest BCUT2D eigenvalue weighted by Gasteiger charge is 2.25. The third-order valence-electron chi connectivity index (χ3n) is 4.47. The molecule has 20 heavy (non-hydrogen) atoms. The van der Waals surface area contributed by atoms with Gasteiger partial charge in [-0.3, -0.25) is 0 Å². The molecule has 0 fully saturated rings. The number of aryl methyl sites for hydroxylation is 3. The SMILES string of the molecule is Cc1cc(C)c(-c2c(N)sc3c2CCC(C)C3)c(C)c1. The van der Waals surface area contributed by atoms with Crippen molar-refractivity contribution in [3.63, 3.8) is 0 Å². The molecule has 0 bridgehead atoms. The second-order valence-corrected chi connectivity index (χ2v) is 7.50. The van der Waals surface area contributed by atoms with Crippen LogP contribution in [0.2, 0.25) is 0 Å². The van der Waals surface area contributed by atoms with E-state index >= 15 is 0 Å². The molecule has 106 valence electrons. The molecule has 0 amide bonds. The van der Waals surface area contributed by atoms with Crippen molar-refractivity contribution in [3.8, 4) is 11.1 Å². The number of fused-ring (bicyclic) bond motifs is 1. The minimum absolute atomic E-state index is 0.800. The predicted molar refractivity (Wildman–Crippen MR) is 89.6 cm³/mol. The molecular formula is C18H23NS. The van der Waals surface area contributed by atoms with E-state index in [9.17, 15) is 0 Å². The summed E-state index contributed by atoms with van der Waals surface area (Å²) in [6.07, 6.45) is 3.68. The molecule has 1 aromatic carbocycles. The molecule has 1 nitrogen and oxygen atoms in total. The van der Waals surface area contributed by atoms with Gasteiger partial charge in [0, 0.05) is 10.4 Å². The van der Waals surface area contributed by atoms with Crippen LogP contribution in [0, 0.1) is 26.7 Å². The van der Waals surface area contributed by atoms with E-state index in [-0.39, 0.29) is 0 Å². The van der Waals surface area contributed by atoms with Gasteiger partial charge in [-0.25, -0.2) is 0 Å². The van der Waals surface area contributed by atoms with Gasteiger partial charge in [-0.05, 0) is 68.2 Å². The molecule has 2 aromatic rings. The van der Waals surface area contributed by atoms with Crippen molar-refractivity contribution >= 4 is 16.3 Å². The Morgan fingerprint density at radius 1 is 1.10 bits per heavy atom. The molecule has 0 radical (unpaired) electrons. The van der Waals surface area contributed by atoms with E-state index in [1.54, 1.807) is 0 Å². The smallest absolute Gasteiger partial charge is 0.0942 e. The molecule has 2 heteroatoms. The summed E-state index contributed by atoms with van der Waals surface area (Å²) in [5.41, 5.74) is 14.7. The highest BCUT2D eigenvalue weighted by Crippen LogP contribution is 2.45. The van der Waals surface area contributed by atoms with Crippen LogP contribution in [0.5, 0.6) is 0 Å². The van der Waals surface area contributed by atoms with Crippen LogP contribution in [0.3, 0.4) is 0 Å². The van der Waals surface area contributed by atoms with Crippen molar-refractivity contribution in [2.45, 2.75) is 47.0 Å². The molecule has 1 aliphatic rings. The fourth-order valence-corrected chi connectivity index (χ4v) is 4.91. The fourth-order valence-electron chi connectivity index (χ4n) is 3.62. The zero-order chi connectivity index (χ0) is 14.4. The molecular weight excluding hydrogens is 262 g/mol. The van der Waals surface area contributed by atoms with Gasteiger partial charge in [0.1, 0.15) is 0 Å². The Morgan fingerprint density at radius 3 is 2.40 bits per heavy atom. The van der Waals surface area contributed by atoms with Crippen LogP contribution >= 0.6 is 11.3 Å². The zero-order valence-electron chi connectivity index (χ0n) is 12.8. The second-order valence-electron chi connectivity index (χ2n) is 6.36. The monoisotopic (exact) mass is 285 g/mol. The van der Waals surface area contributed by atoms with E-state index in [0.717, 1.165) is 10.9 Å². The Bertz CT molecular complexity index is 643. The Hall–Kier alpha value is -1.28. The molecule has 1 unspecified atom stereocenters. The molecule has 1 aromatic heterocycles. The first-order chi connectivity index (χ1) is 9.47. The summed E-state index contributed by atoms with van der Waals surface area (Å²) < 4.78 is 0. The lowest BCUT2D eigenvalue weighted by molar-refractivity contribution is 0.508. The van der Waals surface area contributed by atoms with Crippen molar-refractivity contribution < 1.29 is 0 Å². The average Bonchev–Trinajstić information content (AvgIpc) is 2.64. The molecule has 1 heterocycles. The molecule has 0 saturated carbocycles. The molecule has 0 spiro atoms. The molecule has 1 atom stereocenters. The Kier molecular flexibility index (Phi) is 3.37. The van der Waals surface area contributed by atoms with Crippen molar-refractivity contribution in [1.29, 1.82) is 0 Å². The van der Waals surface area contributed by atoms with Gasteiger partial charge in [0.2, 0.25) is 0 Å². The van der Waals surface area contributed by atoms with Crippen molar-refractivity contribution in [2.75, 3.05) is 5.73 Å². The zero-order valence-corrected chi connectivity index (χ0v) is 13.7. The summed E-state index contributed by atoms with van der Waals surface area (Å²) in [4.78, 5) is 1.52. The number of nitrogen functional groups attached to an aromatic ring is 1. The molecule has 3 rings (SSSR count). The van der Waals surface area contributed by atoms with Crippen LogP contribution < -0.4 is 5.73 Å². The first kappa shape index (κ1) is 13.7. The number of anilines is 1. The molecule has 0 saturated heterocycles. The summed E-state index contributed by atoms with van der Waals surface area (Å²) in [5.74, 6) is 0.800. The fraction of sp³-hybridized carbons (Fsp3) is 0.444. The maximum absolute atomic E-state index is 6.39. The summed E-state index contributed by atoms with van der Waals surface area (Å²) in [6, 6.07) is 4.55. The van der Waals surface area contributed by atoms with E-state index in [0.29, 0.717) is 0 Å². The molecule has 0 aliphatic heterocycles. The highest BCUT2D eigenvalue weighted by atomic mass is 32.1. The van der Waals surface area contributed by atoms with Crippen LogP contribution in [0.4, 0.5) is 5.00 Å². The number of rotatable bonds is 1. The first-order valence-electron chi connectivity index (χ1n) is 7.45. The van der Waals surface area contributed by atoms with E-state index in [4.69, 9.17) is 5.73 Å². The first-order valence-corrected chi connectivity index (χ1v) is 8.27. The number of benzene rings is 1. The summed E-state index contributed by atoms with van der Waals surface area (Å²) >= 11 is 1.81. The second kappa shape index (κ2) is 4.92. The largest absolute Gasteiger partial charge is 0.390 e. The third kappa shape index (κ3) is 2.16. The van der Waals surface area contributed by atoms with Crippen molar-refractivity contribution in [3.05, 3.63) is 39.3 Å². The van der Waals surface area contributed by atoms with Crippen LogP contribution in [-0.4, -0.2) is 0 Å². The van der Waals surface area contributed by atoms with Gasteiger partial charge in [-0.1, -0.05) is 24.6 Å². The van der Waals surface area contributed by atoms with Gasteiger partial charge >= 0.3 is 0 Å². The van der Waals surface area contributed by atoms with Gasteiger partial charge in [0.25, 0.3) is 0 Å². The highest BCUT2D eigenvalue weighted by molar-refractivity contribution is 7.16. The summed E-state index contributed by atoms with van der Waals surface area (Å²) in [7, 11) is 0. The minimum Gasteiger partial charge on any atom is -0.390 e. The molecule has 2 N–H and O–H groups in total. The topological polar surface area (TPSA) is 26.0 Å². The average molecular weight is 285 g/mol. The Labute approximate surface area is 125 Å². The van der Waals surface area contributed by atoms with Crippen LogP contribution in [0.1, 0.15) is 40.5 Å². The van der Waals surface area contributed by atoms with Gasteiger partial charge in [-0.15, -0.1) is 11.3 Å². The maximum atomic E-state index is 6.39. The van der Waals surface area contributed by atoms with Gasteiger partial charge < -0.3 is 5.73 Å². The van der Waals surface area contributed by atoms with Crippen LogP contribution in [0.25, 0.3) is 11.1 Å². The Morgan fingerprint density at radius 2 is 1.75 bits per heavy atom. The summed E-state index contributed by atoms with van der Waals surface area (Å²) in [6.45, 7) is 8.94. The van der Waals surface area contributed by atoms with E-state index in [1.807, 2.05) is 11.3 Å². The predicted octanol–water partition coefficient (Wildman–Crippen LogP) is 5.05. The summed E-state index contributed by atoms with van der Waals surface area (Å²) in [5, 5.41) is 1.01. The number of hydrogen-bond donors (Lipinski definition) is 1. The van der Waals surface area contributed by atoms with Crippen molar-refractivity contribution in [1.82, 2.24) is 0 Å². The van der Waals surface area contributed by atoms with Gasteiger partial charge in [0.05, 0.1) is 5.00 Å². The Balaban J connectivity index is 2.21. The van der Waals surface area contributed by atoms with Gasteiger partial charge in [0.15, 0.2) is 0 Å². The van der Waals surface area contributed by atoms with Crippen LogP contribution in [-0.2, 0) is 12.8 Å². The number of thiophene rings is 1. The number of nitrogens with two attached hydrogens (primary N) is 1. The van der Waals surface area contributed by atoms with E-state index < -0.39 is 0 Å². The van der Waals surface area contributed by atoms with E-state index in [2.05, 4.69) is 39.8 Å². The lowest BCUT2D eigenvalue weighted by atomic mass is 9.84. The lowest BCUT2D eigenvalue weighted by Crippen LogP contribution is -2.09. The van der Waals surface area contributed by atoms with E-state index in [1.165, 1.54) is 57.5 Å². The van der Waals surface area contributed by atoms with Gasteiger partial charge in [-0.2, -0.15) is 0 Å². The van der Waals surface area contributed by atoms with Crippen molar-refractivity contribution in [2.24, 2.45) is 5.92 Å². The van der Waals surface area contributed by atoms with Crippen LogP contribution in [0.15, 0.2) is 12.1 Å². The third-order valence-corrected chi connectivity index (χ3v) is 5.55. The quantitative estimate of drug-likeness (QED) is 0.779. The lowest BCUT2D eigenvalue weighted by Gasteiger charge is -2.20. The normalized spacial score (nSPS) is 18.1. The minimum atomic E-state index is 0.800. The standard InChI is InChI=1S/C18H23NS/c1-10-5-6-14-15(9-10)20-18(19)17(14)16-12(3)7-11(2)8-13(16)4/h7-8,10H,5-6,9,19H2,1-4H3. The maximum Gasteiger partial charge on any atom is 0.0942 e.